The molecule has 0 heterocycles. The number of esters is 1. The third-order valence-electron chi connectivity index (χ3n) is 2.24. The van der Waals surface area contributed by atoms with Gasteiger partial charge in [0.05, 0.1) is 19.1 Å². The van der Waals surface area contributed by atoms with Crippen molar-refractivity contribution in [3.63, 3.8) is 0 Å². The fourth-order valence-electron chi connectivity index (χ4n) is 1.43. The Morgan fingerprint density at radius 2 is 2.12 bits per heavy atom. The average Bonchev–Trinajstić information content (AvgIpc) is 2.30. The van der Waals surface area contributed by atoms with Crippen molar-refractivity contribution < 1.29 is 14.6 Å². The summed E-state index contributed by atoms with van der Waals surface area (Å²) in [5.41, 5.74) is 1.17. The number of hydrogen-bond donors (Lipinski definition) is 1. The molecule has 0 aliphatic heterocycles. The van der Waals surface area contributed by atoms with Crippen molar-refractivity contribution in [1.29, 1.82) is 0 Å². The van der Waals surface area contributed by atoms with Gasteiger partial charge in [-0.3, -0.25) is 4.79 Å². The largest absolute Gasteiger partial charge is 0.466 e. The van der Waals surface area contributed by atoms with E-state index in [0.29, 0.717) is 6.61 Å². The molecular weight excluding hydrogens is 216 g/mol. The minimum Gasteiger partial charge on any atom is -0.466 e. The first kappa shape index (κ1) is 13.5. The van der Waals surface area contributed by atoms with Crippen LogP contribution >= 0.6 is 0 Å². The molecule has 3 nitrogen and oxygen atoms in total. The second-order valence-electron chi connectivity index (χ2n) is 3.69. The molecule has 1 aromatic rings. The zero-order valence-electron chi connectivity index (χ0n) is 10.0. The standard InChI is InChI=1S/C14H18O3/c1-2-17-14(16)11-13(15)10-6-9-12-7-4-3-5-8-12/h3-8,10,13,15H,2,9,11H2,1H3. The quantitative estimate of drug-likeness (QED) is 0.605. The van der Waals surface area contributed by atoms with Gasteiger partial charge >= 0.3 is 5.97 Å². The number of aliphatic hydroxyl groups excluding tert-OH is 1. The minimum atomic E-state index is -0.766. The molecule has 0 aromatic heterocycles. The molecule has 0 saturated heterocycles. The Hall–Kier alpha value is -1.61. The summed E-state index contributed by atoms with van der Waals surface area (Å²) < 4.78 is 4.74. The van der Waals surface area contributed by atoms with E-state index in [4.69, 9.17) is 4.74 Å². The maximum atomic E-state index is 11.1. The van der Waals surface area contributed by atoms with Gasteiger partial charge in [0.15, 0.2) is 0 Å². The highest BCUT2D eigenvalue weighted by Crippen LogP contribution is 2.02. The smallest absolute Gasteiger partial charge is 0.308 e. The van der Waals surface area contributed by atoms with E-state index in [2.05, 4.69) is 0 Å². The number of allylic oxidation sites excluding steroid dienone is 1. The first-order valence-corrected chi connectivity index (χ1v) is 5.76. The normalized spacial score (nSPS) is 12.6. The highest BCUT2D eigenvalue weighted by molar-refractivity contribution is 5.70. The SMILES string of the molecule is CCOC(=O)CC(O)C=CCc1ccccc1. The van der Waals surface area contributed by atoms with Gasteiger partial charge in [-0.1, -0.05) is 42.5 Å². The van der Waals surface area contributed by atoms with Crippen LogP contribution in [-0.4, -0.2) is 23.8 Å². The van der Waals surface area contributed by atoms with E-state index in [0.717, 1.165) is 6.42 Å². The van der Waals surface area contributed by atoms with Crippen LogP contribution in [0.25, 0.3) is 0 Å². The lowest BCUT2D eigenvalue weighted by atomic mass is 10.1. The van der Waals surface area contributed by atoms with Crippen LogP contribution in [0.2, 0.25) is 0 Å². The topological polar surface area (TPSA) is 46.5 Å². The average molecular weight is 234 g/mol. The fourth-order valence-corrected chi connectivity index (χ4v) is 1.43. The molecule has 1 rings (SSSR count). The van der Waals surface area contributed by atoms with E-state index in [-0.39, 0.29) is 12.4 Å². The summed E-state index contributed by atoms with van der Waals surface area (Å²) in [6.45, 7) is 2.09. The Kier molecular flexibility index (Phi) is 6.04. The molecule has 0 bridgehead atoms. The lowest BCUT2D eigenvalue weighted by Crippen LogP contribution is -2.13. The van der Waals surface area contributed by atoms with Crippen molar-refractivity contribution in [2.24, 2.45) is 0 Å². The van der Waals surface area contributed by atoms with Gasteiger partial charge in [-0.15, -0.1) is 0 Å². The molecule has 1 atom stereocenters. The highest BCUT2D eigenvalue weighted by Gasteiger charge is 2.07. The van der Waals surface area contributed by atoms with Crippen molar-refractivity contribution in [3.05, 3.63) is 48.0 Å². The second kappa shape index (κ2) is 7.63. The number of carbonyl (C=O) groups is 1. The zero-order chi connectivity index (χ0) is 12.5. The van der Waals surface area contributed by atoms with Crippen LogP contribution in [0.4, 0.5) is 0 Å². The summed E-state index contributed by atoms with van der Waals surface area (Å²) in [6.07, 6.45) is 3.49. The predicted octanol–water partition coefficient (Wildman–Crippen LogP) is 2.10. The summed E-state index contributed by atoms with van der Waals surface area (Å²) >= 11 is 0. The Balaban J connectivity index is 2.31. The van der Waals surface area contributed by atoms with Crippen molar-refractivity contribution in [3.8, 4) is 0 Å². The molecule has 0 fully saturated rings. The lowest BCUT2D eigenvalue weighted by Gasteiger charge is -2.04. The van der Waals surface area contributed by atoms with Crippen LogP contribution in [-0.2, 0) is 16.0 Å². The zero-order valence-corrected chi connectivity index (χ0v) is 10.0. The number of rotatable bonds is 6. The third kappa shape index (κ3) is 5.88. The number of aliphatic hydroxyl groups is 1. The Morgan fingerprint density at radius 1 is 1.41 bits per heavy atom. The van der Waals surface area contributed by atoms with Gasteiger partial charge in [0.1, 0.15) is 0 Å². The second-order valence-corrected chi connectivity index (χ2v) is 3.69. The summed E-state index contributed by atoms with van der Waals surface area (Å²) in [4.78, 5) is 11.1. The molecular formula is C14H18O3. The molecule has 0 radical (unpaired) electrons. The van der Waals surface area contributed by atoms with Crippen LogP contribution < -0.4 is 0 Å². The van der Waals surface area contributed by atoms with E-state index in [9.17, 15) is 9.90 Å². The number of carbonyl (C=O) groups excluding carboxylic acids is 1. The van der Waals surface area contributed by atoms with Gasteiger partial charge in [-0.05, 0) is 18.9 Å². The Morgan fingerprint density at radius 3 is 2.76 bits per heavy atom. The first-order chi connectivity index (χ1) is 8.22. The number of hydrogen-bond acceptors (Lipinski definition) is 3. The highest BCUT2D eigenvalue weighted by atomic mass is 16.5. The summed E-state index contributed by atoms with van der Waals surface area (Å²) in [6, 6.07) is 9.93. The van der Waals surface area contributed by atoms with Gasteiger partial charge in [0.2, 0.25) is 0 Å². The van der Waals surface area contributed by atoms with Gasteiger partial charge in [0, 0.05) is 0 Å². The molecule has 1 aromatic carbocycles. The van der Waals surface area contributed by atoms with Gasteiger partial charge < -0.3 is 9.84 Å². The Labute approximate surface area is 102 Å². The maximum Gasteiger partial charge on any atom is 0.308 e. The minimum absolute atomic E-state index is 0.0130. The molecule has 92 valence electrons. The van der Waals surface area contributed by atoms with Gasteiger partial charge in [-0.25, -0.2) is 0 Å². The van der Waals surface area contributed by atoms with Crippen LogP contribution in [0.15, 0.2) is 42.5 Å². The van der Waals surface area contributed by atoms with Crippen molar-refractivity contribution in [2.75, 3.05) is 6.61 Å². The lowest BCUT2D eigenvalue weighted by molar-refractivity contribution is -0.144. The molecule has 1 N–H and O–H groups in total. The number of ether oxygens (including phenoxy) is 1. The molecule has 17 heavy (non-hydrogen) atoms. The van der Waals surface area contributed by atoms with E-state index < -0.39 is 6.10 Å². The number of benzene rings is 1. The van der Waals surface area contributed by atoms with Gasteiger partial charge in [-0.2, -0.15) is 0 Å². The van der Waals surface area contributed by atoms with E-state index in [1.54, 1.807) is 13.0 Å². The van der Waals surface area contributed by atoms with Crippen LogP contribution in [0.1, 0.15) is 18.9 Å². The summed E-state index contributed by atoms with van der Waals surface area (Å²) in [5.74, 6) is -0.371. The molecule has 3 heteroatoms. The summed E-state index contributed by atoms with van der Waals surface area (Å²) in [5, 5.41) is 9.54. The monoisotopic (exact) mass is 234 g/mol. The fraction of sp³-hybridized carbons (Fsp3) is 0.357. The molecule has 0 amide bonds. The van der Waals surface area contributed by atoms with E-state index in [1.807, 2.05) is 36.4 Å². The van der Waals surface area contributed by atoms with Crippen molar-refractivity contribution in [2.45, 2.75) is 25.9 Å². The third-order valence-corrected chi connectivity index (χ3v) is 2.24. The molecule has 1 unspecified atom stereocenters. The van der Waals surface area contributed by atoms with Crippen LogP contribution in [0.5, 0.6) is 0 Å². The van der Waals surface area contributed by atoms with Crippen LogP contribution in [0, 0.1) is 0 Å². The molecule has 0 spiro atoms. The van der Waals surface area contributed by atoms with Crippen molar-refractivity contribution in [1.82, 2.24) is 0 Å². The van der Waals surface area contributed by atoms with Crippen LogP contribution in [0.3, 0.4) is 0 Å². The molecule has 0 saturated carbocycles. The van der Waals surface area contributed by atoms with E-state index in [1.165, 1.54) is 5.56 Å². The molecule has 0 aliphatic rings. The van der Waals surface area contributed by atoms with E-state index >= 15 is 0 Å². The van der Waals surface area contributed by atoms with Gasteiger partial charge in [0.25, 0.3) is 0 Å². The first-order valence-electron chi connectivity index (χ1n) is 5.76. The Bertz CT molecular complexity index is 357. The molecule has 0 aliphatic carbocycles. The predicted molar refractivity (Wildman–Crippen MR) is 66.5 cm³/mol. The summed E-state index contributed by atoms with van der Waals surface area (Å²) in [7, 11) is 0. The van der Waals surface area contributed by atoms with Crippen molar-refractivity contribution >= 4 is 5.97 Å². The maximum absolute atomic E-state index is 11.1.